The zero-order valence-corrected chi connectivity index (χ0v) is 7.49. The molecule has 0 aromatic heterocycles. The van der Waals surface area contributed by atoms with Crippen LogP contribution in [0.15, 0.2) is 0 Å². The van der Waals surface area contributed by atoms with Gasteiger partial charge in [-0.25, -0.2) is 0 Å². The summed E-state index contributed by atoms with van der Waals surface area (Å²) in [6, 6.07) is 0. The molecule has 0 aliphatic heterocycles. The summed E-state index contributed by atoms with van der Waals surface area (Å²) in [5, 5.41) is 8.25. The Morgan fingerprint density at radius 1 is 1.23 bits per heavy atom. The van der Waals surface area contributed by atoms with Crippen molar-refractivity contribution < 1.29 is 19.4 Å². The number of ether oxygens (including phenoxy) is 2. The lowest BCUT2D eigenvalue weighted by Gasteiger charge is -2.03. The second-order valence-electron chi connectivity index (χ2n) is 2.32. The second kappa shape index (κ2) is 9.40. The summed E-state index contributed by atoms with van der Waals surface area (Å²) in [6.07, 6.45) is 0.0321. The molecule has 0 saturated carbocycles. The molecule has 0 aliphatic carbocycles. The number of nitrogens with two attached hydrogens (primary N) is 1. The van der Waals surface area contributed by atoms with Gasteiger partial charge in [0.15, 0.2) is 0 Å². The van der Waals surface area contributed by atoms with Gasteiger partial charge in [0.1, 0.15) is 0 Å². The van der Waals surface area contributed by atoms with Crippen molar-refractivity contribution in [3.05, 3.63) is 0 Å². The van der Waals surface area contributed by atoms with Crippen LogP contribution in [0.25, 0.3) is 0 Å². The Labute approximate surface area is 77.0 Å². The maximum atomic E-state index is 10.0. The Balaban J connectivity index is 2.87. The molecule has 6 nitrogen and oxygen atoms in total. The van der Waals surface area contributed by atoms with Crippen molar-refractivity contribution in [2.24, 2.45) is 5.84 Å². The third kappa shape index (κ3) is 11.3. The van der Waals surface area contributed by atoms with E-state index in [4.69, 9.17) is 20.4 Å². The molecule has 0 rings (SSSR count). The van der Waals surface area contributed by atoms with Crippen molar-refractivity contribution in [2.75, 3.05) is 33.0 Å². The van der Waals surface area contributed by atoms with Crippen LogP contribution in [0.5, 0.6) is 0 Å². The van der Waals surface area contributed by atoms with Gasteiger partial charge in [-0.3, -0.25) is 16.1 Å². The molecule has 0 aromatic carbocycles. The van der Waals surface area contributed by atoms with Crippen molar-refractivity contribution in [3.63, 3.8) is 0 Å². The number of carbonyl (C=O) groups is 1. The lowest BCUT2D eigenvalue weighted by Crippen LogP contribution is -2.26. The molecular weight excluding hydrogens is 176 g/mol. The lowest BCUT2D eigenvalue weighted by atomic mass is 10.5. The molecule has 0 unspecified atom stereocenters. The number of carboxylic acid groups (broad SMARTS) is 1. The van der Waals surface area contributed by atoms with Crippen molar-refractivity contribution in [1.29, 1.82) is 0 Å². The van der Waals surface area contributed by atoms with Gasteiger partial charge in [0, 0.05) is 6.54 Å². The van der Waals surface area contributed by atoms with Gasteiger partial charge < -0.3 is 14.6 Å². The van der Waals surface area contributed by atoms with Gasteiger partial charge in [-0.1, -0.05) is 0 Å². The predicted molar refractivity (Wildman–Crippen MR) is 46.1 cm³/mol. The topological polar surface area (TPSA) is 93.8 Å². The first-order valence-corrected chi connectivity index (χ1v) is 4.08. The number of hydrazine groups is 1. The van der Waals surface area contributed by atoms with Gasteiger partial charge in [0.05, 0.1) is 32.8 Å². The first-order chi connectivity index (χ1) is 6.27. The second-order valence-corrected chi connectivity index (χ2v) is 2.32. The quantitative estimate of drug-likeness (QED) is 0.245. The van der Waals surface area contributed by atoms with Gasteiger partial charge in [-0.15, -0.1) is 0 Å². The zero-order chi connectivity index (χ0) is 9.94. The zero-order valence-electron chi connectivity index (χ0n) is 7.49. The molecule has 0 bridgehead atoms. The Kier molecular flexibility index (Phi) is 8.90. The van der Waals surface area contributed by atoms with Gasteiger partial charge in [0.25, 0.3) is 0 Å². The minimum atomic E-state index is -0.853. The van der Waals surface area contributed by atoms with Crippen LogP contribution in [-0.2, 0) is 14.3 Å². The number of rotatable bonds is 9. The van der Waals surface area contributed by atoms with Crippen molar-refractivity contribution in [1.82, 2.24) is 5.43 Å². The van der Waals surface area contributed by atoms with Gasteiger partial charge in [0.2, 0.25) is 0 Å². The van der Waals surface area contributed by atoms with E-state index in [9.17, 15) is 4.79 Å². The number of hydrogen-bond donors (Lipinski definition) is 3. The molecule has 13 heavy (non-hydrogen) atoms. The Hall–Kier alpha value is -0.690. The molecule has 0 heterocycles. The monoisotopic (exact) mass is 192 g/mol. The van der Waals surface area contributed by atoms with Crippen LogP contribution in [0, 0.1) is 0 Å². The summed E-state index contributed by atoms with van der Waals surface area (Å²) in [4.78, 5) is 10.0. The maximum absolute atomic E-state index is 10.0. The maximum Gasteiger partial charge on any atom is 0.305 e. The highest BCUT2D eigenvalue weighted by Gasteiger charge is 1.95. The molecule has 0 saturated heterocycles. The molecule has 6 heteroatoms. The SMILES string of the molecule is NNCCOCCOCCC(=O)O. The van der Waals surface area contributed by atoms with E-state index < -0.39 is 5.97 Å². The highest BCUT2D eigenvalue weighted by molar-refractivity contribution is 5.66. The Morgan fingerprint density at radius 3 is 2.38 bits per heavy atom. The molecule has 0 radical (unpaired) electrons. The van der Waals surface area contributed by atoms with E-state index in [1.165, 1.54) is 0 Å². The summed E-state index contributed by atoms with van der Waals surface area (Å²) in [6.45, 7) is 2.22. The average molecular weight is 192 g/mol. The van der Waals surface area contributed by atoms with Crippen LogP contribution in [-0.4, -0.2) is 44.0 Å². The van der Waals surface area contributed by atoms with Crippen LogP contribution in [0.2, 0.25) is 0 Å². The predicted octanol–water partition coefficient (Wildman–Crippen LogP) is -1.04. The smallest absolute Gasteiger partial charge is 0.305 e. The first kappa shape index (κ1) is 12.3. The highest BCUT2D eigenvalue weighted by Crippen LogP contribution is 1.83. The molecule has 0 fully saturated rings. The standard InChI is InChI=1S/C7H16N2O4/c8-9-2-4-13-6-5-12-3-1-7(10)11/h9H,1-6,8H2,(H,10,11). The first-order valence-electron chi connectivity index (χ1n) is 4.08. The Bertz CT molecular complexity index is 132. The molecule has 4 N–H and O–H groups in total. The highest BCUT2D eigenvalue weighted by atomic mass is 16.5. The molecule has 0 aliphatic rings. The van der Waals surface area contributed by atoms with Crippen LogP contribution in [0.3, 0.4) is 0 Å². The van der Waals surface area contributed by atoms with Crippen molar-refractivity contribution >= 4 is 5.97 Å². The van der Waals surface area contributed by atoms with E-state index in [1.54, 1.807) is 0 Å². The molecule has 78 valence electrons. The van der Waals surface area contributed by atoms with Gasteiger partial charge in [-0.2, -0.15) is 0 Å². The summed E-state index contributed by atoms with van der Waals surface area (Å²) in [5.41, 5.74) is 2.44. The third-order valence-corrected chi connectivity index (χ3v) is 1.22. The van der Waals surface area contributed by atoms with E-state index in [-0.39, 0.29) is 13.0 Å². The molecule has 0 atom stereocenters. The van der Waals surface area contributed by atoms with Crippen molar-refractivity contribution in [3.8, 4) is 0 Å². The average Bonchev–Trinajstić information content (AvgIpc) is 2.09. The minimum absolute atomic E-state index is 0.0321. The number of aliphatic carboxylic acids is 1. The fourth-order valence-electron chi connectivity index (χ4n) is 0.613. The van der Waals surface area contributed by atoms with Gasteiger partial charge >= 0.3 is 5.97 Å². The summed E-state index contributed by atoms with van der Waals surface area (Å²) in [7, 11) is 0. The van der Waals surface area contributed by atoms with Gasteiger partial charge in [-0.05, 0) is 0 Å². The lowest BCUT2D eigenvalue weighted by molar-refractivity contribution is -0.138. The van der Waals surface area contributed by atoms with E-state index in [0.717, 1.165) is 0 Å². The summed E-state index contributed by atoms with van der Waals surface area (Å²) >= 11 is 0. The van der Waals surface area contributed by atoms with Crippen LogP contribution < -0.4 is 11.3 Å². The molecular formula is C7H16N2O4. The molecule has 0 spiro atoms. The Morgan fingerprint density at radius 2 is 1.85 bits per heavy atom. The third-order valence-electron chi connectivity index (χ3n) is 1.22. The van der Waals surface area contributed by atoms with E-state index in [1.807, 2.05) is 0 Å². The number of carboxylic acids is 1. The summed E-state index contributed by atoms with van der Waals surface area (Å²) < 4.78 is 10.0. The van der Waals surface area contributed by atoms with Crippen LogP contribution in [0.1, 0.15) is 6.42 Å². The summed E-state index contributed by atoms with van der Waals surface area (Å²) in [5.74, 6) is 4.14. The largest absolute Gasteiger partial charge is 0.481 e. The van der Waals surface area contributed by atoms with Crippen LogP contribution in [0.4, 0.5) is 0 Å². The number of hydrogen-bond acceptors (Lipinski definition) is 5. The normalized spacial score (nSPS) is 10.2. The fraction of sp³-hybridized carbons (Fsp3) is 0.857. The number of nitrogens with one attached hydrogen (secondary N) is 1. The molecule has 0 aromatic rings. The minimum Gasteiger partial charge on any atom is -0.481 e. The molecule has 0 amide bonds. The van der Waals surface area contributed by atoms with E-state index >= 15 is 0 Å². The fourth-order valence-corrected chi connectivity index (χ4v) is 0.613. The van der Waals surface area contributed by atoms with E-state index in [0.29, 0.717) is 26.4 Å². The van der Waals surface area contributed by atoms with E-state index in [2.05, 4.69) is 5.43 Å². The van der Waals surface area contributed by atoms with Crippen molar-refractivity contribution in [2.45, 2.75) is 6.42 Å². The van der Waals surface area contributed by atoms with Crippen LogP contribution >= 0.6 is 0 Å².